The molecule has 2 aromatic rings. The summed E-state index contributed by atoms with van der Waals surface area (Å²) in [6.45, 7) is 3.49. The van der Waals surface area contributed by atoms with Gasteiger partial charge in [-0.3, -0.25) is 9.59 Å². The number of ether oxygens (including phenoxy) is 3. The van der Waals surface area contributed by atoms with Crippen LogP contribution in [0, 0.1) is 5.92 Å². The molecule has 2 aromatic carbocycles. The van der Waals surface area contributed by atoms with Gasteiger partial charge in [0, 0.05) is 24.2 Å². The number of nitrogens with one attached hydrogen (secondary N) is 1. The van der Waals surface area contributed by atoms with E-state index in [0.717, 1.165) is 12.8 Å². The van der Waals surface area contributed by atoms with Gasteiger partial charge in [-0.05, 0) is 49.1 Å². The van der Waals surface area contributed by atoms with Crippen LogP contribution in [0.5, 0.6) is 17.2 Å². The molecule has 2 amide bonds. The van der Waals surface area contributed by atoms with Gasteiger partial charge in [0.25, 0.3) is 11.8 Å². The van der Waals surface area contributed by atoms with Gasteiger partial charge < -0.3 is 24.4 Å². The van der Waals surface area contributed by atoms with Crippen molar-refractivity contribution in [3.05, 3.63) is 59.3 Å². The van der Waals surface area contributed by atoms with Gasteiger partial charge in [0.1, 0.15) is 5.70 Å². The topological polar surface area (TPSA) is 77.1 Å². The molecule has 0 bridgehead atoms. The first kappa shape index (κ1) is 23.2. The van der Waals surface area contributed by atoms with Crippen LogP contribution < -0.4 is 19.5 Å². The molecule has 0 radical (unpaired) electrons. The van der Waals surface area contributed by atoms with Crippen LogP contribution in [0.4, 0.5) is 0 Å². The van der Waals surface area contributed by atoms with E-state index in [-0.39, 0.29) is 17.5 Å². The number of rotatable bonds is 7. The van der Waals surface area contributed by atoms with Crippen LogP contribution in [0.1, 0.15) is 35.7 Å². The van der Waals surface area contributed by atoms with Crippen molar-refractivity contribution < 1.29 is 23.8 Å². The zero-order valence-corrected chi connectivity index (χ0v) is 19.0. The minimum atomic E-state index is -0.352. The molecule has 1 aliphatic heterocycles. The Morgan fingerprint density at radius 1 is 0.938 bits per heavy atom. The Morgan fingerprint density at radius 2 is 1.59 bits per heavy atom. The summed E-state index contributed by atoms with van der Waals surface area (Å²) in [6, 6.07) is 12.3. The number of hydrogen-bond acceptors (Lipinski definition) is 5. The van der Waals surface area contributed by atoms with E-state index in [1.807, 2.05) is 6.07 Å². The fraction of sp³-hybridized carbons (Fsp3) is 0.360. The van der Waals surface area contributed by atoms with E-state index < -0.39 is 0 Å². The van der Waals surface area contributed by atoms with E-state index in [9.17, 15) is 9.59 Å². The number of likely N-dealkylation sites (tertiary alicyclic amines) is 1. The average molecular weight is 439 g/mol. The number of hydrogen-bond donors (Lipinski definition) is 1. The van der Waals surface area contributed by atoms with Gasteiger partial charge >= 0.3 is 0 Å². The fourth-order valence-electron chi connectivity index (χ4n) is 3.71. The summed E-state index contributed by atoms with van der Waals surface area (Å²) >= 11 is 0. The zero-order chi connectivity index (χ0) is 23.1. The van der Waals surface area contributed by atoms with Gasteiger partial charge in [0.2, 0.25) is 5.75 Å². The second-order valence-corrected chi connectivity index (χ2v) is 7.78. The normalized spacial score (nSPS) is 14.6. The number of carbonyl (C=O) groups excluding carboxylic acids is 2. The molecule has 0 aliphatic carbocycles. The SMILES string of the molecule is COc1ccc(/C=C(\NC(=O)c2ccccc2)C(=O)N2CCC(C)CC2)c(OC)c1OC. The van der Waals surface area contributed by atoms with Gasteiger partial charge in [0.15, 0.2) is 11.5 Å². The van der Waals surface area contributed by atoms with Crippen molar-refractivity contribution in [1.82, 2.24) is 10.2 Å². The van der Waals surface area contributed by atoms with E-state index in [4.69, 9.17) is 14.2 Å². The Hall–Kier alpha value is -3.48. The lowest BCUT2D eigenvalue weighted by Gasteiger charge is -2.31. The van der Waals surface area contributed by atoms with E-state index in [1.165, 1.54) is 14.2 Å². The highest BCUT2D eigenvalue weighted by Crippen LogP contribution is 2.40. The Labute approximate surface area is 189 Å². The molecule has 1 heterocycles. The minimum Gasteiger partial charge on any atom is -0.493 e. The molecule has 3 rings (SSSR count). The van der Waals surface area contributed by atoms with Crippen LogP contribution in [0.2, 0.25) is 0 Å². The largest absolute Gasteiger partial charge is 0.493 e. The van der Waals surface area contributed by atoms with E-state index in [1.54, 1.807) is 54.5 Å². The summed E-state index contributed by atoms with van der Waals surface area (Å²) < 4.78 is 16.4. The van der Waals surface area contributed by atoms with Crippen molar-refractivity contribution in [2.75, 3.05) is 34.4 Å². The lowest BCUT2D eigenvalue weighted by molar-refractivity contribution is -0.128. The Balaban J connectivity index is 2.01. The molecule has 1 N–H and O–H groups in total. The summed E-state index contributed by atoms with van der Waals surface area (Å²) in [5, 5.41) is 2.81. The van der Waals surface area contributed by atoms with Crippen molar-refractivity contribution in [2.45, 2.75) is 19.8 Å². The molecule has 7 nitrogen and oxygen atoms in total. The molecule has 7 heteroatoms. The smallest absolute Gasteiger partial charge is 0.270 e. The molecule has 0 aromatic heterocycles. The van der Waals surface area contributed by atoms with Gasteiger partial charge in [-0.2, -0.15) is 0 Å². The van der Waals surface area contributed by atoms with Crippen LogP contribution in [-0.2, 0) is 4.79 Å². The highest BCUT2D eigenvalue weighted by atomic mass is 16.5. The van der Waals surface area contributed by atoms with Crippen molar-refractivity contribution in [3.63, 3.8) is 0 Å². The van der Waals surface area contributed by atoms with Crippen molar-refractivity contribution in [3.8, 4) is 17.2 Å². The van der Waals surface area contributed by atoms with E-state index in [2.05, 4.69) is 12.2 Å². The number of amides is 2. The maximum absolute atomic E-state index is 13.4. The lowest BCUT2D eigenvalue weighted by Crippen LogP contribution is -2.42. The third-order valence-electron chi connectivity index (χ3n) is 5.62. The van der Waals surface area contributed by atoms with Crippen LogP contribution in [0.3, 0.4) is 0 Å². The predicted octanol–water partition coefficient (Wildman–Crippen LogP) is 3.74. The molecule has 1 saturated heterocycles. The molecule has 1 fully saturated rings. The van der Waals surface area contributed by atoms with Crippen LogP contribution in [-0.4, -0.2) is 51.1 Å². The molecular formula is C25H30N2O5. The first-order valence-electron chi connectivity index (χ1n) is 10.6. The number of methoxy groups -OCH3 is 3. The van der Waals surface area contributed by atoms with Crippen LogP contribution >= 0.6 is 0 Å². The molecule has 32 heavy (non-hydrogen) atoms. The number of benzene rings is 2. The highest BCUT2D eigenvalue weighted by molar-refractivity contribution is 6.05. The zero-order valence-electron chi connectivity index (χ0n) is 19.0. The second kappa shape index (κ2) is 10.7. The van der Waals surface area contributed by atoms with Crippen molar-refractivity contribution in [1.29, 1.82) is 0 Å². The number of carbonyl (C=O) groups is 2. The molecule has 0 spiro atoms. The molecule has 0 atom stereocenters. The fourth-order valence-corrected chi connectivity index (χ4v) is 3.71. The monoisotopic (exact) mass is 438 g/mol. The Morgan fingerprint density at radius 3 is 2.19 bits per heavy atom. The van der Waals surface area contributed by atoms with E-state index in [0.29, 0.717) is 47.4 Å². The first-order chi connectivity index (χ1) is 15.5. The first-order valence-corrected chi connectivity index (χ1v) is 10.6. The third kappa shape index (κ3) is 5.22. The number of nitrogens with zero attached hydrogens (tertiary/aromatic N) is 1. The van der Waals surface area contributed by atoms with Crippen LogP contribution in [0.25, 0.3) is 6.08 Å². The maximum atomic E-state index is 13.4. The summed E-state index contributed by atoms with van der Waals surface area (Å²) in [5.74, 6) is 1.34. The predicted molar refractivity (Wildman–Crippen MR) is 123 cm³/mol. The Bertz CT molecular complexity index is 979. The maximum Gasteiger partial charge on any atom is 0.270 e. The third-order valence-corrected chi connectivity index (χ3v) is 5.62. The standard InChI is InChI=1S/C25H30N2O5/c1-17-12-14-27(15-13-17)25(29)20(26-24(28)18-8-6-5-7-9-18)16-19-10-11-21(30-2)23(32-4)22(19)31-3/h5-11,16-17H,12-15H2,1-4H3,(H,26,28)/b20-16-. The summed E-state index contributed by atoms with van der Waals surface area (Å²) in [6.07, 6.45) is 3.50. The Kier molecular flexibility index (Phi) is 7.76. The lowest BCUT2D eigenvalue weighted by atomic mass is 9.99. The van der Waals surface area contributed by atoms with Crippen molar-refractivity contribution in [2.24, 2.45) is 5.92 Å². The summed E-state index contributed by atoms with van der Waals surface area (Å²) in [7, 11) is 4.58. The molecule has 0 saturated carbocycles. The van der Waals surface area contributed by atoms with Gasteiger partial charge in [0.05, 0.1) is 21.3 Å². The highest BCUT2D eigenvalue weighted by Gasteiger charge is 2.25. The van der Waals surface area contributed by atoms with E-state index >= 15 is 0 Å². The van der Waals surface area contributed by atoms with Crippen molar-refractivity contribution >= 4 is 17.9 Å². The molecule has 0 unspecified atom stereocenters. The average Bonchev–Trinajstić information content (AvgIpc) is 2.83. The molecule has 170 valence electrons. The minimum absolute atomic E-state index is 0.180. The summed E-state index contributed by atoms with van der Waals surface area (Å²) in [4.78, 5) is 28.0. The van der Waals surface area contributed by atoms with Gasteiger partial charge in [-0.25, -0.2) is 0 Å². The molecular weight excluding hydrogens is 408 g/mol. The van der Waals surface area contributed by atoms with Gasteiger partial charge in [-0.1, -0.05) is 25.1 Å². The van der Waals surface area contributed by atoms with Gasteiger partial charge in [-0.15, -0.1) is 0 Å². The molecule has 1 aliphatic rings. The number of piperidine rings is 1. The quantitative estimate of drug-likeness (QED) is 0.667. The van der Waals surface area contributed by atoms with Crippen LogP contribution in [0.15, 0.2) is 48.2 Å². The second-order valence-electron chi connectivity index (χ2n) is 7.78. The summed E-state index contributed by atoms with van der Waals surface area (Å²) in [5.41, 5.74) is 1.24.